The van der Waals surface area contributed by atoms with Gasteiger partial charge >= 0.3 is 0 Å². The molecule has 0 radical (unpaired) electrons. The summed E-state index contributed by atoms with van der Waals surface area (Å²) in [7, 11) is 3.16. The maximum absolute atomic E-state index is 10.7. The molecule has 3 rings (SSSR count). The SMILES string of the molecule is COc1ccc(OC)c(C(O)c2coc3ccccc23)c1. The highest BCUT2D eigenvalue weighted by atomic mass is 16.5. The van der Waals surface area contributed by atoms with Crippen molar-refractivity contribution < 1.29 is 19.0 Å². The van der Waals surface area contributed by atoms with Crippen LogP contribution in [0.5, 0.6) is 11.5 Å². The number of para-hydroxylation sites is 1. The molecular formula is C17H16O4. The fraction of sp³-hybridized carbons (Fsp3) is 0.176. The first-order valence-corrected chi connectivity index (χ1v) is 6.60. The van der Waals surface area contributed by atoms with E-state index in [0.29, 0.717) is 22.6 Å². The Morgan fingerprint density at radius 1 is 1.00 bits per heavy atom. The molecule has 108 valence electrons. The quantitative estimate of drug-likeness (QED) is 0.796. The number of fused-ring (bicyclic) bond motifs is 1. The number of methoxy groups -OCH3 is 2. The van der Waals surface area contributed by atoms with E-state index in [1.54, 1.807) is 38.7 Å². The molecule has 1 unspecified atom stereocenters. The zero-order chi connectivity index (χ0) is 14.8. The summed E-state index contributed by atoms with van der Waals surface area (Å²) < 4.78 is 16.0. The Morgan fingerprint density at radius 3 is 2.57 bits per heavy atom. The number of aliphatic hydroxyl groups is 1. The molecule has 1 aromatic heterocycles. The summed E-state index contributed by atoms with van der Waals surface area (Å²) in [6.07, 6.45) is 0.729. The Bertz CT molecular complexity index is 760. The number of rotatable bonds is 4. The van der Waals surface area contributed by atoms with Gasteiger partial charge in [-0.3, -0.25) is 0 Å². The van der Waals surface area contributed by atoms with Gasteiger partial charge in [-0.2, -0.15) is 0 Å². The van der Waals surface area contributed by atoms with Crippen LogP contribution in [0.2, 0.25) is 0 Å². The van der Waals surface area contributed by atoms with Gasteiger partial charge in [0.25, 0.3) is 0 Å². The molecule has 0 spiro atoms. The van der Waals surface area contributed by atoms with E-state index in [1.165, 1.54) is 0 Å². The van der Waals surface area contributed by atoms with Crippen LogP contribution in [0.15, 0.2) is 53.1 Å². The summed E-state index contributed by atoms with van der Waals surface area (Å²) in [5.74, 6) is 1.27. The molecule has 2 aromatic carbocycles. The number of hydrogen-bond donors (Lipinski definition) is 1. The highest BCUT2D eigenvalue weighted by molar-refractivity contribution is 5.81. The zero-order valence-corrected chi connectivity index (χ0v) is 11.9. The minimum absolute atomic E-state index is 0.605. The van der Waals surface area contributed by atoms with Gasteiger partial charge in [-0.1, -0.05) is 18.2 Å². The summed E-state index contributed by atoms with van der Waals surface area (Å²) in [5.41, 5.74) is 2.09. The van der Waals surface area contributed by atoms with E-state index < -0.39 is 6.10 Å². The lowest BCUT2D eigenvalue weighted by Gasteiger charge is -2.15. The van der Waals surface area contributed by atoms with Crippen LogP contribution in [0.25, 0.3) is 11.0 Å². The summed E-state index contributed by atoms with van der Waals surface area (Å²) in [5, 5.41) is 11.6. The third kappa shape index (κ3) is 2.34. The van der Waals surface area contributed by atoms with E-state index in [4.69, 9.17) is 13.9 Å². The van der Waals surface area contributed by atoms with Crippen LogP contribution in [-0.4, -0.2) is 19.3 Å². The third-order valence-corrected chi connectivity index (χ3v) is 3.54. The first kappa shape index (κ1) is 13.5. The van der Waals surface area contributed by atoms with Crippen molar-refractivity contribution in [3.8, 4) is 11.5 Å². The highest BCUT2D eigenvalue weighted by Gasteiger charge is 2.20. The average Bonchev–Trinajstić information content (AvgIpc) is 2.97. The molecule has 0 saturated carbocycles. The first-order chi connectivity index (χ1) is 10.2. The lowest BCUT2D eigenvalue weighted by Crippen LogP contribution is -2.02. The lowest BCUT2D eigenvalue weighted by molar-refractivity contribution is 0.214. The fourth-order valence-corrected chi connectivity index (χ4v) is 2.43. The predicted octanol–water partition coefficient (Wildman–Crippen LogP) is 3.53. The van der Waals surface area contributed by atoms with E-state index in [-0.39, 0.29) is 0 Å². The Morgan fingerprint density at radius 2 is 1.81 bits per heavy atom. The van der Waals surface area contributed by atoms with Gasteiger partial charge in [0, 0.05) is 16.5 Å². The molecule has 0 saturated heterocycles. The molecule has 4 heteroatoms. The second kappa shape index (κ2) is 5.50. The van der Waals surface area contributed by atoms with Crippen molar-refractivity contribution in [1.29, 1.82) is 0 Å². The van der Waals surface area contributed by atoms with Gasteiger partial charge in [0.2, 0.25) is 0 Å². The normalized spacial score (nSPS) is 12.3. The second-order valence-corrected chi connectivity index (χ2v) is 4.70. The molecule has 1 N–H and O–H groups in total. The summed E-state index contributed by atoms with van der Waals surface area (Å²) >= 11 is 0. The molecule has 0 fully saturated rings. The minimum atomic E-state index is -0.848. The van der Waals surface area contributed by atoms with Gasteiger partial charge in [-0.25, -0.2) is 0 Å². The molecule has 21 heavy (non-hydrogen) atoms. The predicted molar refractivity (Wildman–Crippen MR) is 79.8 cm³/mol. The van der Waals surface area contributed by atoms with Crippen LogP contribution in [0.4, 0.5) is 0 Å². The topological polar surface area (TPSA) is 51.8 Å². The molecular weight excluding hydrogens is 268 g/mol. The van der Waals surface area contributed by atoms with E-state index in [0.717, 1.165) is 11.0 Å². The Kier molecular flexibility index (Phi) is 3.54. The van der Waals surface area contributed by atoms with Gasteiger partial charge in [-0.15, -0.1) is 0 Å². The third-order valence-electron chi connectivity index (χ3n) is 3.54. The maximum atomic E-state index is 10.7. The van der Waals surface area contributed by atoms with Crippen molar-refractivity contribution in [1.82, 2.24) is 0 Å². The van der Waals surface area contributed by atoms with E-state index in [2.05, 4.69) is 0 Å². The number of aliphatic hydroxyl groups excluding tert-OH is 1. The highest BCUT2D eigenvalue weighted by Crippen LogP contribution is 2.36. The van der Waals surface area contributed by atoms with Gasteiger partial charge in [0.15, 0.2) is 0 Å². The molecule has 0 aliphatic rings. The molecule has 1 heterocycles. The molecule has 3 aromatic rings. The van der Waals surface area contributed by atoms with Gasteiger partial charge < -0.3 is 19.0 Å². The summed E-state index contributed by atoms with van der Waals surface area (Å²) in [6, 6.07) is 12.9. The van der Waals surface area contributed by atoms with Gasteiger partial charge in [-0.05, 0) is 24.3 Å². The Balaban J connectivity index is 2.11. The Hall–Kier alpha value is -2.46. The van der Waals surface area contributed by atoms with Crippen LogP contribution in [0.3, 0.4) is 0 Å². The second-order valence-electron chi connectivity index (χ2n) is 4.70. The largest absolute Gasteiger partial charge is 0.497 e. The Labute approximate surface area is 122 Å². The summed E-state index contributed by atoms with van der Waals surface area (Å²) in [6.45, 7) is 0. The van der Waals surface area contributed by atoms with Crippen LogP contribution in [0, 0.1) is 0 Å². The van der Waals surface area contributed by atoms with Crippen LogP contribution < -0.4 is 9.47 Å². The van der Waals surface area contributed by atoms with Crippen LogP contribution in [-0.2, 0) is 0 Å². The molecule has 0 amide bonds. The monoisotopic (exact) mass is 284 g/mol. The first-order valence-electron chi connectivity index (χ1n) is 6.60. The minimum Gasteiger partial charge on any atom is -0.497 e. The standard InChI is InChI=1S/C17H16O4/c1-19-11-7-8-15(20-2)13(9-11)17(18)14-10-21-16-6-4-3-5-12(14)16/h3-10,17-18H,1-2H3. The van der Waals surface area contributed by atoms with E-state index in [1.807, 2.05) is 24.3 Å². The molecule has 0 bridgehead atoms. The maximum Gasteiger partial charge on any atom is 0.134 e. The van der Waals surface area contributed by atoms with E-state index >= 15 is 0 Å². The molecule has 4 nitrogen and oxygen atoms in total. The van der Waals surface area contributed by atoms with Gasteiger partial charge in [0.1, 0.15) is 23.2 Å². The van der Waals surface area contributed by atoms with Gasteiger partial charge in [0.05, 0.1) is 20.5 Å². The number of benzene rings is 2. The molecule has 1 atom stereocenters. The molecule has 0 aliphatic carbocycles. The zero-order valence-electron chi connectivity index (χ0n) is 11.9. The van der Waals surface area contributed by atoms with Crippen molar-refractivity contribution in [2.45, 2.75) is 6.10 Å². The fourth-order valence-electron chi connectivity index (χ4n) is 2.43. The van der Waals surface area contributed by atoms with Crippen LogP contribution in [0.1, 0.15) is 17.2 Å². The van der Waals surface area contributed by atoms with Crippen molar-refractivity contribution in [3.63, 3.8) is 0 Å². The molecule has 0 aliphatic heterocycles. The number of furan rings is 1. The van der Waals surface area contributed by atoms with Crippen molar-refractivity contribution in [2.24, 2.45) is 0 Å². The number of ether oxygens (including phenoxy) is 2. The van der Waals surface area contributed by atoms with Crippen molar-refractivity contribution in [2.75, 3.05) is 14.2 Å². The summed E-state index contributed by atoms with van der Waals surface area (Å²) in [4.78, 5) is 0. The lowest BCUT2D eigenvalue weighted by atomic mass is 10.00. The smallest absolute Gasteiger partial charge is 0.134 e. The number of hydrogen-bond acceptors (Lipinski definition) is 4. The van der Waals surface area contributed by atoms with Crippen LogP contribution >= 0.6 is 0 Å². The average molecular weight is 284 g/mol. The van der Waals surface area contributed by atoms with Crippen molar-refractivity contribution in [3.05, 3.63) is 59.9 Å². The van der Waals surface area contributed by atoms with Crippen molar-refractivity contribution >= 4 is 11.0 Å². The van der Waals surface area contributed by atoms with E-state index in [9.17, 15) is 5.11 Å².